The van der Waals surface area contributed by atoms with E-state index in [-0.39, 0.29) is 0 Å². The molecule has 0 spiro atoms. The van der Waals surface area contributed by atoms with Gasteiger partial charge in [-0.15, -0.1) is 0 Å². The Morgan fingerprint density at radius 1 is 0.778 bits per heavy atom. The predicted molar refractivity (Wildman–Crippen MR) is 71.0 cm³/mol. The second-order valence-corrected chi connectivity index (χ2v) is 4.19. The molecule has 0 fully saturated rings. The Morgan fingerprint density at radius 2 is 1.33 bits per heavy atom. The lowest BCUT2D eigenvalue weighted by atomic mass is 10.3. The van der Waals surface area contributed by atoms with Gasteiger partial charge in [0.2, 0.25) is 10.9 Å². The van der Waals surface area contributed by atoms with Crippen molar-refractivity contribution in [1.29, 1.82) is 0 Å². The van der Waals surface area contributed by atoms with E-state index >= 15 is 0 Å². The summed E-state index contributed by atoms with van der Waals surface area (Å²) >= 11 is 0. The summed E-state index contributed by atoms with van der Waals surface area (Å²) in [7, 11) is -2.63. The van der Waals surface area contributed by atoms with Crippen LogP contribution in [0.2, 0.25) is 0 Å². The van der Waals surface area contributed by atoms with Crippen molar-refractivity contribution >= 4 is 28.0 Å². The molecule has 2 aromatic carbocycles. The van der Waals surface area contributed by atoms with Gasteiger partial charge >= 0.3 is 0 Å². The number of azo groups is 1. The van der Waals surface area contributed by atoms with Crippen LogP contribution in [0.4, 0.5) is 17.1 Å². The fraction of sp³-hybridized carbons (Fsp3) is 0. The Balaban J connectivity index is 2.09. The zero-order valence-electron chi connectivity index (χ0n) is 9.35. The molecule has 0 bridgehead atoms. The van der Waals surface area contributed by atoms with Gasteiger partial charge in [-0.3, -0.25) is 4.72 Å². The molecule has 92 valence electrons. The number of nitrogens with one attached hydrogen (secondary N) is 1. The highest BCUT2D eigenvalue weighted by atomic mass is 32.2. The second-order valence-electron chi connectivity index (χ2n) is 3.45. The summed E-state index contributed by atoms with van der Waals surface area (Å²) in [5.74, 6) is 0. The van der Waals surface area contributed by atoms with Crippen LogP contribution in [0.25, 0.3) is 0 Å². The van der Waals surface area contributed by atoms with Crippen LogP contribution >= 0.6 is 0 Å². The molecule has 0 atom stereocenters. The zero-order valence-corrected chi connectivity index (χ0v) is 10.2. The number of hydrogen-bond donors (Lipinski definition) is 2. The van der Waals surface area contributed by atoms with Crippen LogP contribution in [0.5, 0.6) is 0 Å². The molecule has 0 unspecified atom stereocenters. The monoisotopic (exact) mass is 261 g/mol. The number of thiol groups is 1. The molecule has 0 saturated carbocycles. The maximum Gasteiger partial charge on any atom is 0.222 e. The summed E-state index contributed by atoms with van der Waals surface area (Å²) in [6, 6.07) is 16.0. The van der Waals surface area contributed by atoms with Crippen molar-refractivity contribution < 1.29 is 8.42 Å². The van der Waals surface area contributed by atoms with Gasteiger partial charge < -0.3 is 0 Å². The van der Waals surface area contributed by atoms with Gasteiger partial charge in [-0.05, 0) is 36.4 Å². The number of anilines is 1. The minimum Gasteiger partial charge on any atom is -0.286 e. The van der Waals surface area contributed by atoms with E-state index in [0.717, 1.165) is 5.69 Å². The average Bonchev–Trinajstić information content (AvgIpc) is 2.38. The molecule has 18 heavy (non-hydrogen) atoms. The minimum absolute atomic E-state index is 0.504. The van der Waals surface area contributed by atoms with E-state index in [1.807, 2.05) is 30.3 Å². The van der Waals surface area contributed by atoms with Crippen molar-refractivity contribution in [2.45, 2.75) is 0 Å². The van der Waals surface area contributed by atoms with Gasteiger partial charge in [0, 0.05) is 5.69 Å². The number of benzene rings is 2. The first kappa shape index (κ1) is 12.3. The standard InChI is InChI=1S/C12H11N3O2S/c16-18(17)15-12-8-6-11(7-9-12)14-13-10-4-2-1-3-5-10/h1-9,18H,(H,15,16,17)/b14-13+. The van der Waals surface area contributed by atoms with Crippen LogP contribution < -0.4 is 4.72 Å². The van der Waals surface area contributed by atoms with Gasteiger partial charge in [0.05, 0.1) is 11.4 Å². The third kappa shape index (κ3) is 3.67. The maximum atomic E-state index is 10.4. The Bertz CT molecular complexity index is 599. The molecule has 0 radical (unpaired) electrons. The molecule has 0 aliphatic carbocycles. The summed E-state index contributed by atoms with van der Waals surface area (Å²) in [6.07, 6.45) is 0. The quantitative estimate of drug-likeness (QED) is 0.656. The maximum absolute atomic E-state index is 10.4. The highest BCUT2D eigenvalue weighted by Gasteiger charge is 1.93. The van der Waals surface area contributed by atoms with E-state index in [0.29, 0.717) is 11.4 Å². The highest BCUT2D eigenvalue weighted by Crippen LogP contribution is 2.19. The van der Waals surface area contributed by atoms with Gasteiger partial charge in [0.25, 0.3) is 0 Å². The molecule has 5 nitrogen and oxygen atoms in total. The van der Waals surface area contributed by atoms with Crippen LogP contribution in [0.1, 0.15) is 0 Å². The van der Waals surface area contributed by atoms with Gasteiger partial charge in [0.1, 0.15) is 0 Å². The molecule has 0 saturated heterocycles. The second kappa shape index (κ2) is 5.92. The van der Waals surface area contributed by atoms with Crippen molar-refractivity contribution in [3.8, 4) is 0 Å². The van der Waals surface area contributed by atoms with Crippen LogP contribution in [0.15, 0.2) is 64.8 Å². The van der Waals surface area contributed by atoms with Crippen molar-refractivity contribution in [3.63, 3.8) is 0 Å². The zero-order chi connectivity index (χ0) is 12.8. The molecular formula is C12H11N3O2S. The first-order chi connectivity index (χ1) is 8.74. The summed E-state index contributed by atoms with van der Waals surface area (Å²) in [6.45, 7) is 0. The molecule has 0 amide bonds. The van der Waals surface area contributed by atoms with Crippen molar-refractivity contribution in [2.75, 3.05) is 4.72 Å². The Hall–Kier alpha value is -2.21. The summed E-state index contributed by atoms with van der Waals surface area (Å²) in [4.78, 5) is 0. The Kier molecular flexibility index (Phi) is 4.03. The van der Waals surface area contributed by atoms with E-state index in [4.69, 9.17) is 0 Å². The molecule has 0 aliphatic rings. The van der Waals surface area contributed by atoms with E-state index in [2.05, 4.69) is 15.0 Å². The van der Waals surface area contributed by atoms with Crippen LogP contribution in [-0.4, -0.2) is 8.42 Å². The van der Waals surface area contributed by atoms with E-state index < -0.39 is 10.9 Å². The molecule has 2 rings (SSSR count). The summed E-state index contributed by atoms with van der Waals surface area (Å²) < 4.78 is 23.2. The predicted octanol–water partition coefficient (Wildman–Crippen LogP) is 3.04. The number of rotatable bonds is 4. The Morgan fingerprint density at radius 3 is 1.89 bits per heavy atom. The summed E-state index contributed by atoms with van der Waals surface area (Å²) in [5, 5.41) is 8.10. The lowest BCUT2D eigenvalue weighted by Gasteiger charge is -1.98. The number of nitrogens with zero attached hydrogens (tertiary/aromatic N) is 2. The molecule has 6 heteroatoms. The molecular weight excluding hydrogens is 250 g/mol. The smallest absolute Gasteiger partial charge is 0.222 e. The van der Waals surface area contributed by atoms with Crippen LogP contribution in [0, 0.1) is 0 Å². The first-order valence-corrected chi connectivity index (χ1v) is 6.40. The molecule has 0 aliphatic heterocycles. The fourth-order valence-electron chi connectivity index (χ4n) is 1.32. The van der Waals surface area contributed by atoms with E-state index in [1.165, 1.54) is 0 Å². The third-order valence-electron chi connectivity index (χ3n) is 2.12. The van der Waals surface area contributed by atoms with Gasteiger partial charge in [-0.1, -0.05) is 18.2 Å². The highest BCUT2D eigenvalue weighted by molar-refractivity contribution is 7.73. The van der Waals surface area contributed by atoms with Gasteiger partial charge in [0.15, 0.2) is 0 Å². The SMILES string of the molecule is O=[SH](=O)Nc1ccc(/N=N/c2ccccc2)cc1. The average molecular weight is 261 g/mol. The van der Waals surface area contributed by atoms with Gasteiger partial charge in [-0.25, -0.2) is 8.42 Å². The van der Waals surface area contributed by atoms with E-state index in [1.54, 1.807) is 24.3 Å². The van der Waals surface area contributed by atoms with Crippen molar-refractivity contribution in [3.05, 3.63) is 54.6 Å². The summed E-state index contributed by atoms with van der Waals surface area (Å²) in [5.41, 5.74) is 1.93. The Labute approximate surface area is 106 Å². The van der Waals surface area contributed by atoms with Crippen LogP contribution in [0.3, 0.4) is 0 Å². The fourth-order valence-corrected chi connectivity index (χ4v) is 1.68. The first-order valence-electron chi connectivity index (χ1n) is 5.22. The normalized spacial score (nSPS) is 10.9. The van der Waals surface area contributed by atoms with Crippen molar-refractivity contribution in [2.24, 2.45) is 10.2 Å². The molecule has 1 N–H and O–H groups in total. The molecule has 2 aromatic rings. The van der Waals surface area contributed by atoms with Crippen molar-refractivity contribution in [1.82, 2.24) is 0 Å². The van der Waals surface area contributed by atoms with Crippen LogP contribution in [-0.2, 0) is 10.9 Å². The minimum atomic E-state index is -2.63. The topological polar surface area (TPSA) is 70.9 Å². The third-order valence-corrected chi connectivity index (χ3v) is 2.57. The van der Waals surface area contributed by atoms with Gasteiger partial charge in [-0.2, -0.15) is 10.2 Å². The molecule has 0 aromatic heterocycles. The number of hydrogen-bond acceptors (Lipinski definition) is 4. The molecule has 0 heterocycles. The lowest BCUT2D eigenvalue weighted by molar-refractivity contribution is 0.619. The van der Waals surface area contributed by atoms with E-state index in [9.17, 15) is 8.42 Å². The lowest BCUT2D eigenvalue weighted by Crippen LogP contribution is -1.93. The largest absolute Gasteiger partial charge is 0.286 e.